The zero-order valence-electron chi connectivity index (χ0n) is 11.2. The minimum Gasteiger partial charge on any atom is -0.385 e. The van der Waals surface area contributed by atoms with Gasteiger partial charge in [-0.3, -0.25) is 9.79 Å². The van der Waals surface area contributed by atoms with Gasteiger partial charge in [0.25, 0.3) is 5.92 Å². The fourth-order valence-electron chi connectivity index (χ4n) is 2.13. The average molecular weight is 301 g/mol. The number of rotatable bonds is 2. The molecule has 1 aliphatic heterocycles. The van der Waals surface area contributed by atoms with Gasteiger partial charge in [-0.2, -0.15) is 0 Å². The van der Waals surface area contributed by atoms with E-state index in [-0.39, 0.29) is 18.0 Å². The van der Waals surface area contributed by atoms with Crippen LogP contribution in [0.1, 0.15) is 22.8 Å². The molecule has 5 nitrogen and oxygen atoms in total. The molecule has 8 heteroatoms. The topological polar surface area (TPSA) is 90.7 Å². The molecule has 1 aromatic rings. The molecule has 0 saturated heterocycles. The number of nitrogens with zero attached hydrogens (tertiary/aromatic N) is 1. The van der Waals surface area contributed by atoms with Crippen LogP contribution in [0.3, 0.4) is 0 Å². The molecule has 0 saturated carbocycles. The van der Waals surface area contributed by atoms with Crippen LogP contribution in [-0.4, -0.2) is 30.9 Å². The van der Waals surface area contributed by atoms with Gasteiger partial charge >= 0.3 is 0 Å². The lowest BCUT2D eigenvalue weighted by molar-refractivity contribution is -0.116. The summed E-state index contributed by atoms with van der Waals surface area (Å²) in [5.74, 6) is -5.48. The van der Waals surface area contributed by atoms with Gasteiger partial charge in [-0.25, -0.2) is 13.2 Å². The van der Waals surface area contributed by atoms with Gasteiger partial charge in [-0.05, 0) is 25.1 Å². The van der Waals surface area contributed by atoms with Crippen molar-refractivity contribution >= 4 is 11.7 Å². The maximum Gasteiger partial charge on any atom is 0.299 e. The molecule has 0 spiro atoms. The van der Waals surface area contributed by atoms with E-state index >= 15 is 0 Å². The number of alkyl halides is 2. The molecule has 1 aliphatic rings. The van der Waals surface area contributed by atoms with E-state index in [0.717, 1.165) is 25.1 Å². The number of hydrogen-bond acceptors (Lipinski definition) is 4. The number of aliphatic imine (C=N–C) groups is 1. The highest BCUT2D eigenvalue weighted by Crippen LogP contribution is 2.43. The Balaban J connectivity index is 2.68. The average Bonchev–Trinajstić information content (AvgIpc) is 2.47. The van der Waals surface area contributed by atoms with Crippen LogP contribution in [0.2, 0.25) is 0 Å². The van der Waals surface area contributed by atoms with Crippen molar-refractivity contribution < 1.29 is 22.7 Å². The van der Waals surface area contributed by atoms with Gasteiger partial charge in [0.05, 0.1) is 0 Å². The highest BCUT2D eigenvalue weighted by molar-refractivity contribution is 5.93. The first-order chi connectivity index (χ1) is 9.67. The molecule has 1 heterocycles. The summed E-state index contributed by atoms with van der Waals surface area (Å²) in [4.78, 5) is 14.9. The second kappa shape index (κ2) is 5.03. The molecule has 21 heavy (non-hydrogen) atoms. The Bertz CT molecular complexity index is 619. The first-order valence-electron chi connectivity index (χ1n) is 6.07. The Morgan fingerprint density at radius 3 is 2.71 bits per heavy atom. The molecule has 4 N–H and O–H groups in total. The maximum absolute atomic E-state index is 14.3. The molecule has 0 radical (unpaired) electrons. The maximum atomic E-state index is 14.3. The minimum atomic E-state index is -3.51. The standard InChI is InChI=1S/C13H14F3N3O2/c1-12(13(15,16)6-21-5-10(17)19-12)8-4-7(11(18)20)2-3-9(8)14/h2-4H,5-6H2,1H3,(H2,17,19)(H2,18,20). The zero-order valence-corrected chi connectivity index (χ0v) is 11.2. The molecule has 0 aromatic heterocycles. The number of halogens is 3. The SMILES string of the molecule is CC1(c2cc(C(N)=O)ccc2F)N=C(N)COCC1(F)F. The third kappa shape index (κ3) is 2.58. The minimum absolute atomic E-state index is 0.0950. The number of hydrogen-bond donors (Lipinski definition) is 2. The summed E-state index contributed by atoms with van der Waals surface area (Å²) in [6.07, 6.45) is 0. The first-order valence-corrected chi connectivity index (χ1v) is 6.07. The second-order valence-electron chi connectivity index (χ2n) is 4.93. The van der Waals surface area contributed by atoms with Crippen LogP contribution in [0.25, 0.3) is 0 Å². The molecule has 1 aromatic carbocycles. The molecule has 1 amide bonds. The Kier molecular flexibility index (Phi) is 3.66. The van der Waals surface area contributed by atoms with Gasteiger partial charge < -0.3 is 16.2 Å². The number of carbonyl (C=O) groups excluding carboxylic acids is 1. The molecule has 0 aliphatic carbocycles. The quantitative estimate of drug-likeness (QED) is 0.859. The molecule has 0 bridgehead atoms. The largest absolute Gasteiger partial charge is 0.385 e. The summed E-state index contributed by atoms with van der Waals surface area (Å²) in [6.45, 7) is -0.200. The summed E-state index contributed by atoms with van der Waals surface area (Å²) < 4.78 is 47.4. The van der Waals surface area contributed by atoms with E-state index in [1.165, 1.54) is 0 Å². The van der Waals surface area contributed by atoms with Crippen molar-refractivity contribution in [3.63, 3.8) is 0 Å². The predicted octanol–water partition coefficient (Wildman–Crippen LogP) is 1.16. The lowest BCUT2D eigenvalue weighted by Crippen LogP contribution is -2.45. The van der Waals surface area contributed by atoms with Crippen LogP contribution in [0, 0.1) is 5.82 Å². The van der Waals surface area contributed by atoms with Crippen molar-refractivity contribution in [3.05, 3.63) is 35.1 Å². The molecule has 0 fully saturated rings. The number of ether oxygens (including phenoxy) is 1. The van der Waals surface area contributed by atoms with Crippen LogP contribution in [0.15, 0.2) is 23.2 Å². The fraction of sp³-hybridized carbons (Fsp3) is 0.385. The van der Waals surface area contributed by atoms with E-state index in [4.69, 9.17) is 16.2 Å². The number of amidine groups is 1. The predicted molar refractivity (Wildman–Crippen MR) is 69.7 cm³/mol. The number of benzene rings is 1. The van der Waals surface area contributed by atoms with Crippen LogP contribution >= 0.6 is 0 Å². The smallest absolute Gasteiger partial charge is 0.299 e. The van der Waals surface area contributed by atoms with Crippen LogP contribution in [-0.2, 0) is 10.3 Å². The Morgan fingerprint density at radius 2 is 2.10 bits per heavy atom. The van der Waals surface area contributed by atoms with Crippen molar-refractivity contribution in [2.45, 2.75) is 18.4 Å². The van der Waals surface area contributed by atoms with Gasteiger partial charge in [0.2, 0.25) is 5.91 Å². The molecule has 1 unspecified atom stereocenters. The summed E-state index contributed by atoms with van der Waals surface area (Å²) in [6, 6.07) is 2.98. The van der Waals surface area contributed by atoms with Crippen LogP contribution in [0.4, 0.5) is 13.2 Å². The third-order valence-corrected chi connectivity index (χ3v) is 3.39. The molecule has 2 rings (SSSR count). The van der Waals surface area contributed by atoms with Crippen molar-refractivity contribution in [1.29, 1.82) is 0 Å². The number of carbonyl (C=O) groups is 1. The van der Waals surface area contributed by atoms with Crippen molar-refractivity contribution in [2.75, 3.05) is 13.2 Å². The summed E-state index contributed by atoms with van der Waals surface area (Å²) in [5.41, 5.74) is 7.75. The Labute approximate surface area is 118 Å². The Hall–Kier alpha value is -2.09. The van der Waals surface area contributed by atoms with Crippen molar-refractivity contribution in [1.82, 2.24) is 0 Å². The van der Waals surface area contributed by atoms with Gasteiger partial charge in [-0.1, -0.05) is 0 Å². The van der Waals surface area contributed by atoms with Crippen molar-refractivity contribution in [3.8, 4) is 0 Å². The molecular formula is C13H14F3N3O2. The second-order valence-corrected chi connectivity index (χ2v) is 4.93. The van der Waals surface area contributed by atoms with E-state index in [1.807, 2.05) is 0 Å². The van der Waals surface area contributed by atoms with E-state index in [1.54, 1.807) is 0 Å². The summed E-state index contributed by atoms with van der Waals surface area (Å²) in [5, 5.41) is 0. The monoisotopic (exact) mass is 301 g/mol. The zero-order chi connectivity index (χ0) is 15.8. The lowest BCUT2D eigenvalue weighted by atomic mass is 9.85. The number of primary amides is 1. The van der Waals surface area contributed by atoms with E-state index < -0.39 is 35.4 Å². The van der Waals surface area contributed by atoms with E-state index in [0.29, 0.717) is 0 Å². The van der Waals surface area contributed by atoms with Gasteiger partial charge in [-0.15, -0.1) is 0 Å². The number of amides is 1. The third-order valence-electron chi connectivity index (χ3n) is 3.39. The molecular weight excluding hydrogens is 287 g/mol. The van der Waals surface area contributed by atoms with Gasteiger partial charge in [0, 0.05) is 11.1 Å². The lowest BCUT2D eigenvalue weighted by Gasteiger charge is -2.33. The fourth-order valence-corrected chi connectivity index (χ4v) is 2.13. The van der Waals surface area contributed by atoms with Crippen molar-refractivity contribution in [2.24, 2.45) is 16.5 Å². The highest BCUT2D eigenvalue weighted by atomic mass is 19.3. The Morgan fingerprint density at radius 1 is 1.43 bits per heavy atom. The van der Waals surface area contributed by atoms with Gasteiger partial charge in [0.15, 0.2) is 5.54 Å². The van der Waals surface area contributed by atoms with Crippen LogP contribution < -0.4 is 11.5 Å². The van der Waals surface area contributed by atoms with E-state index in [2.05, 4.69) is 4.99 Å². The van der Waals surface area contributed by atoms with Crippen LogP contribution in [0.5, 0.6) is 0 Å². The number of nitrogens with two attached hydrogens (primary N) is 2. The van der Waals surface area contributed by atoms with Gasteiger partial charge in [0.1, 0.15) is 24.9 Å². The van der Waals surface area contributed by atoms with E-state index in [9.17, 15) is 18.0 Å². The highest BCUT2D eigenvalue weighted by Gasteiger charge is 2.54. The summed E-state index contributed by atoms with van der Waals surface area (Å²) >= 11 is 0. The first kappa shape index (κ1) is 15.3. The normalized spacial score (nSPS) is 25.0. The molecule has 114 valence electrons. The summed E-state index contributed by atoms with van der Waals surface area (Å²) in [7, 11) is 0. The molecule has 1 atom stereocenters.